The molecule has 0 radical (unpaired) electrons. The van der Waals surface area contributed by atoms with E-state index in [9.17, 15) is 0 Å². The quantitative estimate of drug-likeness (QED) is 0.179. The number of hydrogen-bond acceptors (Lipinski definition) is 0. The summed E-state index contributed by atoms with van der Waals surface area (Å²) in [5, 5.41) is 1.59. The van der Waals surface area contributed by atoms with Crippen molar-refractivity contribution in [3.05, 3.63) is 147 Å². The summed E-state index contributed by atoms with van der Waals surface area (Å²) in [5.74, 6) is 0. The van der Waals surface area contributed by atoms with Gasteiger partial charge in [0, 0.05) is 0 Å². The van der Waals surface area contributed by atoms with E-state index < -0.39 is 8.07 Å². The molecule has 0 bridgehead atoms. The first-order valence-electron chi connectivity index (χ1n) is 16.0. The number of hydrogen-bond donors (Lipinski definition) is 0. The zero-order valence-corrected chi connectivity index (χ0v) is 33.9. The van der Waals surface area contributed by atoms with Crippen LogP contribution in [0.2, 0.25) is 19.6 Å². The van der Waals surface area contributed by atoms with Crippen LogP contribution < -0.4 is 24.8 Å². The van der Waals surface area contributed by atoms with Crippen LogP contribution in [0.4, 0.5) is 0 Å². The van der Waals surface area contributed by atoms with Crippen molar-refractivity contribution in [1.82, 2.24) is 0 Å². The summed E-state index contributed by atoms with van der Waals surface area (Å²) in [6.45, 7) is 21.3. The van der Waals surface area contributed by atoms with Gasteiger partial charge in [-0.15, -0.1) is 40.5 Å². The normalized spacial score (nSPS) is 13.6. The summed E-state index contributed by atoms with van der Waals surface area (Å²) in [4.78, 5) is 0. The summed E-state index contributed by atoms with van der Waals surface area (Å²) in [7, 11) is -1.29. The summed E-state index contributed by atoms with van der Waals surface area (Å²) in [6.07, 6.45) is 7.02. The third kappa shape index (κ3) is 8.68. The molecule has 0 fully saturated rings. The van der Waals surface area contributed by atoms with Crippen molar-refractivity contribution >= 4 is 16.9 Å². The average molecular weight is 742 g/mol. The van der Waals surface area contributed by atoms with Gasteiger partial charge in [-0.1, -0.05) is 102 Å². The van der Waals surface area contributed by atoms with Crippen LogP contribution in [-0.2, 0) is 41.5 Å². The second-order valence-corrected chi connectivity index (χ2v) is 21.7. The molecule has 0 nitrogen and oxygen atoms in total. The minimum absolute atomic E-state index is 0. The summed E-state index contributed by atoms with van der Waals surface area (Å²) >= 11 is 1.46. The van der Waals surface area contributed by atoms with Crippen molar-refractivity contribution in [2.75, 3.05) is 0 Å². The van der Waals surface area contributed by atoms with E-state index in [-0.39, 0.29) is 35.6 Å². The number of rotatable bonds is 4. The van der Waals surface area contributed by atoms with Gasteiger partial charge in [-0.05, 0) is 34.8 Å². The molecular formula is C42H47Cl2SiZr-. The molecular weight excluding hydrogens is 695 g/mol. The van der Waals surface area contributed by atoms with E-state index >= 15 is 0 Å². The van der Waals surface area contributed by atoms with Gasteiger partial charge in [0.2, 0.25) is 0 Å². The van der Waals surface area contributed by atoms with Gasteiger partial charge in [0.15, 0.2) is 0 Å². The SMILES string of the molecule is CC(C)(C)c1ccc2c(c1)-c1cc(C(C)(C)C)c(C3=CC([Si](C)(C)C)=CC3)[c-]c1C2.[Cl-].[Cl-].[Zr+2]=[C](c1ccccc1)c1ccccc1. The molecule has 0 aliphatic heterocycles. The van der Waals surface area contributed by atoms with Crippen LogP contribution in [0.15, 0.2) is 102 Å². The Hall–Kier alpha value is -2.09. The first kappa shape index (κ1) is 38.4. The van der Waals surface area contributed by atoms with Crippen molar-refractivity contribution in [2.24, 2.45) is 0 Å². The molecule has 4 heteroatoms. The van der Waals surface area contributed by atoms with E-state index in [4.69, 9.17) is 0 Å². The van der Waals surface area contributed by atoms with Gasteiger partial charge in [0.1, 0.15) is 0 Å². The third-order valence-corrected chi connectivity index (χ3v) is 12.3. The second kappa shape index (κ2) is 15.0. The van der Waals surface area contributed by atoms with Crippen molar-refractivity contribution in [2.45, 2.75) is 84.9 Å². The number of benzene rings is 4. The van der Waals surface area contributed by atoms with Gasteiger partial charge in [0.25, 0.3) is 0 Å². The summed E-state index contributed by atoms with van der Waals surface area (Å²) in [6, 6.07) is 34.6. The van der Waals surface area contributed by atoms with Crippen LogP contribution >= 0.6 is 0 Å². The predicted molar refractivity (Wildman–Crippen MR) is 191 cm³/mol. The second-order valence-electron chi connectivity index (χ2n) is 15.4. The first-order valence-corrected chi connectivity index (χ1v) is 20.7. The van der Waals surface area contributed by atoms with E-state index in [1.165, 1.54) is 83.1 Å². The van der Waals surface area contributed by atoms with Gasteiger partial charge in [-0.25, -0.2) is 0 Å². The molecule has 0 heterocycles. The molecule has 4 aromatic rings. The van der Waals surface area contributed by atoms with Crippen molar-refractivity contribution in [3.8, 4) is 11.1 Å². The zero-order chi connectivity index (χ0) is 31.9. The molecule has 0 unspecified atom stereocenters. The zero-order valence-electron chi connectivity index (χ0n) is 28.9. The van der Waals surface area contributed by atoms with E-state index in [2.05, 4.69) is 164 Å². The maximum absolute atomic E-state index is 3.93. The minimum atomic E-state index is -1.29. The Labute approximate surface area is 307 Å². The molecule has 2 aliphatic rings. The van der Waals surface area contributed by atoms with E-state index in [1.54, 1.807) is 5.20 Å². The van der Waals surface area contributed by atoms with Gasteiger partial charge in [-0.2, -0.15) is 0 Å². The Bertz CT molecular complexity index is 1700. The van der Waals surface area contributed by atoms with Crippen LogP contribution in [0.5, 0.6) is 0 Å². The first-order chi connectivity index (χ1) is 20.6. The van der Waals surface area contributed by atoms with Crippen LogP contribution in [0, 0.1) is 6.07 Å². The molecule has 0 saturated carbocycles. The molecule has 0 atom stereocenters. The Kier molecular flexibility index (Phi) is 12.5. The van der Waals surface area contributed by atoms with Crippen LogP contribution in [0.25, 0.3) is 16.7 Å². The third-order valence-electron chi connectivity index (χ3n) is 8.78. The van der Waals surface area contributed by atoms with Crippen LogP contribution in [-0.4, -0.2) is 11.3 Å². The van der Waals surface area contributed by atoms with Crippen molar-refractivity contribution in [3.63, 3.8) is 0 Å². The number of halogens is 2. The molecule has 2 aliphatic carbocycles. The van der Waals surface area contributed by atoms with Crippen LogP contribution in [0.3, 0.4) is 0 Å². The molecule has 238 valence electrons. The number of allylic oxidation sites excluding steroid dienone is 4. The fourth-order valence-corrected chi connectivity index (χ4v) is 8.19. The molecule has 46 heavy (non-hydrogen) atoms. The molecule has 4 aromatic carbocycles. The van der Waals surface area contributed by atoms with Gasteiger partial charge in [0.05, 0.1) is 8.07 Å². The summed E-state index contributed by atoms with van der Waals surface area (Å²) < 4.78 is 1.42. The molecule has 0 N–H and O–H groups in total. The van der Waals surface area contributed by atoms with Crippen molar-refractivity contribution < 1.29 is 49.0 Å². The standard InChI is InChI=1S/C29H37Si.C13H10.2ClH.Zr/c1-28(2,3)22-12-10-19-14-21-16-26(20-11-13-23(15-20)30(7,8)9)27(29(4,5)6)18-25(21)24(19)17-22;1-3-7-12(8-4-1)11-13-9-5-2-6-10-13;;;/h10,12-13,15,17-18H,11,14H2,1-9H3;1-10H;2*1H;/q-1;;;;+2/p-2. The Morgan fingerprint density at radius 2 is 1.28 bits per heavy atom. The molecule has 0 aromatic heterocycles. The van der Waals surface area contributed by atoms with E-state index in [0.717, 1.165) is 12.8 Å². The fraction of sp³-hybridized carbons (Fsp3) is 0.310. The van der Waals surface area contributed by atoms with Crippen LogP contribution in [0.1, 0.15) is 86.9 Å². The molecule has 0 saturated heterocycles. The Morgan fingerprint density at radius 1 is 0.717 bits per heavy atom. The Balaban J connectivity index is 0.000000304. The van der Waals surface area contributed by atoms with E-state index in [0.29, 0.717) is 0 Å². The monoisotopic (exact) mass is 739 g/mol. The average Bonchev–Trinajstić information content (AvgIpc) is 3.61. The molecule has 0 amide bonds. The fourth-order valence-electron chi connectivity index (χ4n) is 6.05. The van der Waals surface area contributed by atoms with Gasteiger partial charge in [-0.3, -0.25) is 0 Å². The Morgan fingerprint density at radius 3 is 1.76 bits per heavy atom. The number of fused-ring (bicyclic) bond motifs is 3. The molecule has 0 spiro atoms. The maximum atomic E-state index is 3.93. The van der Waals surface area contributed by atoms with Gasteiger partial charge < -0.3 is 24.8 Å². The molecule has 6 rings (SSSR count). The van der Waals surface area contributed by atoms with Crippen molar-refractivity contribution in [1.29, 1.82) is 0 Å². The van der Waals surface area contributed by atoms with Gasteiger partial charge >= 0.3 is 99.2 Å². The predicted octanol–water partition coefficient (Wildman–Crippen LogP) is 5.05. The summed E-state index contributed by atoms with van der Waals surface area (Å²) in [5.41, 5.74) is 14.2. The van der Waals surface area contributed by atoms with E-state index in [1.807, 2.05) is 0 Å². The topological polar surface area (TPSA) is 0 Å².